The van der Waals surface area contributed by atoms with Crippen molar-refractivity contribution in [3.8, 4) is 0 Å². The average molecular weight is 277 g/mol. The molecule has 1 atom stereocenters. The molecule has 0 fully saturated rings. The molecule has 5 heteroatoms. The Labute approximate surface area is 118 Å². The normalized spacial score (nSPS) is 12.5. The number of anilines is 1. The van der Waals surface area contributed by atoms with Crippen LogP contribution in [0.2, 0.25) is 5.15 Å². The third-order valence-electron chi connectivity index (χ3n) is 2.80. The van der Waals surface area contributed by atoms with Gasteiger partial charge in [-0.25, -0.2) is 9.97 Å². The van der Waals surface area contributed by atoms with E-state index in [9.17, 15) is 0 Å². The maximum atomic E-state index is 6.02. The molecule has 0 amide bonds. The van der Waals surface area contributed by atoms with Gasteiger partial charge in [0.15, 0.2) is 0 Å². The number of aromatic nitrogens is 3. The van der Waals surface area contributed by atoms with Gasteiger partial charge in [-0.3, -0.25) is 4.98 Å². The van der Waals surface area contributed by atoms with Crippen LogP contribution in [0, 0.1) is 0 Å². The summed E-state index contributed by atoms with van der Waals surface area (Å²) in [7, 11) is 0. The zero-order valence-corrected chi connectivity index (χ0v) is 12.0. The zero-order chi connectivity index (χ0) is 13.8. The highest BCUT2D eigenvalue weighted by molar-refractivity contribution is 6.29. The molecule has 4 nitrogen and oxygen atoms in total. The predicted octanol–water partition coefficient (Wildman–Crippen LogP) is 3.82. The minimum atomic E-state index is 0.133. The highest BCUT2D eigenvalue weighted by Crippen LogP contribution is 2.21. The molecule has 2 aromatic heterocycles. The van der Waals surface area contributed by atoms with Crippen LogP contribution in [0.25, 0.3) is 0 Å². The molecular formula is C14H17ClN4. The van der Waals surface area contributed by atoms with E-state index in [0.717, 1.165) is 17.2 Å². The summed E-state index contributed by atoms with van der Waals surface area (Å²) in [5.74, 6) is 1.74. The molecule has 1 N–H and O–H groups in total. The Kier molecular flexibility index (Phi) is 4.32. The summed E-state index contributed by atoms with van der Waals surface area (Å²) in [6.45, 7) is 6.16. The van der Waals surface area contributed by atoms with Crippen LogP contribution in [0.5, 0.6) is 0 Å². The quantitative estimate of drug-likeness (QED) is 0.863. The van der Waals surface area contributed by atoms with Crippen molar-refractivity contribution in [1.82, 2.24) is 15.0 Å². The molecule has 1 unspecified atom stereocenters. The molecule has 0 aliphatic heterocycles. The second-order valence-electron chi connectivity index (χ2n) is 4.74. The van der Waals surface area contributed by atoms with Crippen molar-refractivity contribution >= 4 is 17.4 Å². The lowest BCUT2D eigenvalue weighted by atomic mass is 10.1. The van der Waals surface area contributed by atoms with Crippen molar-refractivity contribution in [2.24, 2.45) is 0 Å². The molecule has 0 aliphatic rings. The van der Waals surface area contributed by atoms with Crippen molar-refractivity contribution < 1.29 is 0 Å². The summed E-state index contributed by atoms with van der Waals surface area (Å²) in [5, 5.41) is 3.79. The maximum Gasteiger partial charge on any atom is 0.135 e. The van der Waals surface area contributed by atoms with Gasteiger partial charge in [-0.2, -0.15) is 0 Å². The summed E-state index contributed by atoms with van der Waals surface area (Å²) in [4.78, 5) is 12.7. The molecule has 19 heavy (non-hydrogen) atoms. The van der Waals surface area contributed by atoms with Crippen molar-refractivity contribution in [2.45, 2.75) is 32.7 Å². The Hall–Kier alpha value is -1.68. The SMILES string of the molecule is CC(C)c1nc(Cl)cc(NC(C)c2ccncc2)n1. The number of pyridine rings is 1. The van der Waals surface area contributed by atoms with Crippen LogP contribution in [0.3, 0.4) is 0 Å². The van der Waals surface area contributed by atoms with Gasteiger partial charge < -0.3 is 5.32 Å². The van der Waals surface area contributed by atoms with Gasteiger partial charge in [0.25, 0.3) is 0 Å². The van der Waals surface area contributed by atoms with E-state index in [-0.39, 0.29) is 12.0 Å². The first-order valence-electron chi connectivity index (χ1n) is 6.27. The Balaban J connectivity index is 2.19. The zero-order valence-electron chi connectivity index (χ0n) is 11.3. The topological polar surface area (TPSA) is 50.7 Å². The van der Waals surface area contributed by atoms with Crippen LogP contribution < -0.4 is 5.32 Å². The van der Waals surface area contributed by atoms with E-state index in [1.807, 2.05) is 26.0 Å². The first-order chi connectivity index (χ1) is 9.06. The van der Waals surface area contributed by atoms with Gasteiger partial charge in [0.05, 0.1) is 6.04 Å². The maximum absolute atomic E-state index is 6.02. The lowest BCUT2D eigenvalue weighted by Crippen LogP contribution is -2.10. The third-order valence-corrected chi connectivity index (χ3v) is 2.99. The van der Waals surface area contributed by atoms with Crippen LogP contribution in [-0.2, 0) is 0 Å². The molecule has 0 aliphatic carbocycles. The number of hydrogen-bond acceptors (Lipinski definition) is 4. The fraction of sp³-hybridized carbons (Fsp3) is 0.357. The number of hydrogen-bond donors (Lipinski definition) is 1. The van der Waals surface area contributed by atoms with E-state index < -0.39 is 0 Å². The van der Waals surface area contributed by atoms with Crippen LogP contribution in [0.15, 0.2) is 30.6 Å². The summed E-state index contributed by atoms with van der Waals surface area (Å²) >= 11 is 6.02. The number of halogens is 1. The Morgan fingerprint density at radius 1 is 1.11 bits per heavy atom. The van der Waals surface area contributed by atoms with E-state index in [0.29, 0.717) is 5.15 Å². The first-order valence-corrected chi connectivity index (χ1v) is 6.65. The number of rotatable bonds is 4. The molecule has 2 aromatic rings. The van der Waals surface area contributed by atoms with Gasteiger partial charge in [-0.05, 0) is 24.6 Å². The molecule has 0 saturated carbocycles. The third kappa shape index (κ3) is 3.64. The number of nitrogens with zero attached hydrogens (tertiary/aromatic N) is 3. The Morgan fingerprint density at radius 3 is 2.42 bits per heavy atom. The predicted molar refractivity (Wildman–Crippen MR) is 77.4 cm³/mol. The van der Waals surface area contributed by atoms with Crippen molar-refractivity contribution in [3.63, 3.8) is 0 Å². The summed E-state index contributed by atoms with van der Waals surface area (Å²) in [6.07, 6.45) is 3.56. The lowest BCUT2D eigenvalue weighted by molar-refractivity contribution is 0.768. The monoisotopic (exact) mass is 276 g/mol. The molecular weight excluding hydrogens is 260 g/mol. The molecule has 2 heterocycles. The van der Waals surface area contributed by atoms with Crippen molar-refractivity contribution in [1.29, 1.82) is 0 Å². The van der Waals surface area contributed by atoms with E-state index in [2.05, 4.69) is 27.2 Å². The van der Waals surface area contributed by atoms with Gasteiger partial charge >= 0.3 is 0 Å². The van der Waals surface area contributed by atoms with E-state index in [1.165, 1.54) is 0 Å². The summed E-state index contributed by atoms with van der Waals surface area (Å²) < 4.78 is 0. The molecule has 0 spiro atoms. The van der Waals surface area contributed by atoms with Crippen LogP contribution in [0.1, 0.15) is 44.1 Å². The summed E-state index contributed by atoms with van der Waals surface area (Å²) in [6, 6.07) is 5.83. The average Bonchev–Trinajstić information content (AvgIpc) is 2.39. The fourth-order valence-corrected chi connectivity index (χ4v) is 1.91. The van der Waals surface area contributed by atoms with Gasteiger partial charge in [0.2, 0.25) is 0 Å². The summed E-state index contributed by atoms with van der Waals surface area (Å²) in [5.41, 5.74) is 1.15. The second kappa shape index (κ2) is 5.97. The van der Waals surface area contributed by atoms with E-state index >= 15 is 0 Å². The minimum Gasteiger partial charge on any atom is -0.363 e. The Morgan fingerprint density at radius 2 is 1.79 bits per heavy atom. The van der Waals surface area contributed by atoms with Crippen LogP contribution in [-0.4, -0.2) is 15.0 Å². The molecule has 0 saturated heterocycles. The standard InChI is InChI=1S/C14H17ClN4/c1-9(2)14-18-12(15)8-13(19-14)17-10(3)11-4-6-16-7-5-11/h4-10H,1-3H3,(H,17,18,19). The largest absolute Gasteiger partial charge is 0.363 e. The van der Waals surface area contributed by atoms with E-state index in [1.54, 1.807) is 18.5 Å². The fourth-order valence-electron chi connectivity index (χ4n) is 1.72. The van der Waals surface area contributed by atoms with Crippen molar-refractivity contribution in [2.75, 3.05) is 5.32 Å². The minimum absolute atomic E-state index is 0.133. The highest BCUT2D eigenvalue weighted by atomic mass is 35.5. The lowest BCUT2D eigenvalue weighted by Gasteiger charge is -2.16. The van der Waals surface area contributed by atoms with Crippen molar-refractivity contribution in [3.05, 3.63) is 47.1 Å². The molecule has 2 rings (SSSR count). The smallest absolute Gasteiger partial charge is 0.135 e. The molecule has 100 valence electrons. The van der Waals surface area contributed by atoms with Gasteiger partial charge in [-0.15, -0.1) is 0 Å². The molecule has 0 radical (unpaired) electrons. The van der Waals surface area contributed by atoms with E-state index in [4.69, 9.17) is 11.6 Å². The Bertz CT molecular complexity index is 542. The number of nitrogens with one attached hydrogen (secondary N) is 1. The van der Waals surface area contributed by atoms with Crippen LogP contribution >= 0.6 is 11.6 Å². The molecule has 0 aromatic carbocycles. The van der Waals surface area contributed by atoms with Gasteiger partial charge in [-0.1, -0.05) is 25.4 Å². The van der Waals surface area contributed by atoms with Gasteiger partial charge in [0, 0.05) is 24.4 Å². The van der Waals surface area contributed by atoms with Gasteiger partial charge in [0.1, 0.15) is 16.8 Å². The van der Waals surface area contributed by atoms with Crippen LogP contribution in [0.4, 0.5) is 5.82 Å². The highest BCUT2D eigenvalue weighted by Gasteiger charge is 2.10. The first kappa shape index (κ1) is 13.7. The molecule has 0 bridgehead atoms. The second-order valence-corrected chi connectivity index (χ2v) is 5.12.